The molecule has 0 saturated carbocycles. The van der Waals surface area contributed by atoms with Crippen LogP contribution in [0.1, 0.15) is 6.92 Å². The fourth-order valence-corrected chi connectivity index (χ4v) is 1.55. The van der Waals surface area contributed by atoms with E-state index in [1.807, 2.05) is 6.07 Å². The van der Waals surface area contributed by atoms with Gasteiger partial charge in [-0.3, -0.25) is 4.79 Å². The number of nitrogens with zero attached hydrogens (tertiary/aromatic N) is 1. The molecule has 0 aromatic carbocycles. The molecule has 1 aliphatic rings. The monoisotopic (exact) mass is 235 g/mol. The molecule has 0 bridgehead atoms. The summed E-state index contributed by atoms with van der Waals surface area (Å²) in [6, 6.07) is 3.46. The van der Waals surface area contributed by atoms with Crippen LogP contribution in [-0.4, -0.2) is 37.1 Å². The number of aromatic nitrogens is 1. The maximum atomic E-state index is 11.7. The van der Waals surface area contributed by atoms with E-state index in [-0.39, 0.29) is 11.9 Å². The van der Waals surface area contributed by atoms with Gasteiger partial charge in [-0.05, 0) is 26.1 Å². The number of rotatable bonds is 3. The van der Waals surface area contributed by atoms with Crippen LogP contribution in [0.4, 0.5) is 17.3 Å². The Kier molecular flexibility index (Phi) is 3.43. The van der Waals surface area contributed by atoms with Gasteiger partial charge in [0.15, 0.2) is 5.82 Å². The molecule has 1 unspecified atom stereocenters. The Morgan fingerprint density at radius 1 is 1.41 bits per heavy atom. The summed E-state index contributed by atoms with van der Waals surface area (Å²) < 4.78 is 0. The molecule has 0 radical (unpaired) electrons. The standard InChI is InChI=1S/C11H17N5O/c1-7(12-2)11(17)16-9-4-3-8-10(15-9)14-6-5-13-8/h3-4,7,12-13H,5-6H2,1-2H3,(H2,14,15,16,17). The lowest BCUT2D eigenvalue weighted by Crippen LogP contribution is -2.35. The van der Waals surface area contributed by atoms with Crippen LogP contribution in [0, 0.1) is 0 Å². The van der Waals surface area contributed by atoms with Crippen LogP contribution in [0.2, 0.25) is 0 Å². The Morgan fingerprint density at radius 3 is 2.94 bits per heavy atom. The van der Waals surface area contributed by atoms with Gasteiger partial charge in [-0.25, -0.2) is 4.98 Å². The number of nitrogens with one attached hydrogen (secondary N) is 4. The third-order valence-electron chi connectivity index (χ3n) is 2.71. The molecule has 1 aromatic rings. The highest BCUT2D eigenvalue weighted by molar-refractivity contribution is 5.94. The molecule has 2 rings (SSSR count). The second-order valence-electron chi connectivity index (χ2n) is 3.95. The van der Waals surface area contributed by atoms with Crippen molar-refractivity contribution in [3.8, 4) is 0 Å². The van der Waals surface area contributed by atoms with Crippen LogP contribution < -0.4 is 21.3 Å². The van der Waals surface area contributed by atoms with E-state index in [0.29, 0.717) is 5.82 Å². The van der Waals surface area contributed by atoms with Crippen molar-refractivity contribution < 1.29 is 4.79 Å². The third-order valence-corrected chi connectivity index (χ3v) is 2.71. The minimum absolute atomic E-state index is 0.0938. The van der Waals surface area contributed by atoms with E-state index >= 15 is 0 Å². The molecule has 2 heterocycles. The predicted molar refractivity (Wildman–Crippen MR) is 68.4 cm³/mol. The maximum Gasteiger partial charge on any atom is 0.242 e. The zero-order chi connectivity index (χ0) is 12.3. The van der Waals surface area contributed by atoms with Gasteiger partial charge in [0, 0.05) is 13.1 Å². The quantitative estimate of drug-likeness (QED) is 0.612. The molecule has 0 aliphatic carbocycles. The molecule has 4 N–H and O–H groups in total. The van der Waals surface area contributed by atoms with Gasteiger partial charge in [0.2, 0.25) is 5.91 Å². The molecule has 0 spiro atoms. The molecule has 0 saturated heterocycles. The number of hydrogen-bond acceptors (Lipinski definition) is 5. The lowest BCUT2D eigenvalue weighted by atomic mass is 10.3. The summed E-state index contributed by atoms with van der Waals surface area (Å²) in [5.41, 5.74) is 0.968. The first-order chi connectivity index (χ1) is 8.20. The number of likely N-dealkylation sites (N-methyl/N-ethyl adjacent to an activating group) is 1. The summed E-state index contributed by atoms with van der Waals surface area (Å²) in [6.45, 7) is 3.52. The van der Waals surface area contributed by atoms with Crippen LogP contribution in [-0.2, 0) is 4.79 Å². The molecule has 92 valence electrons. The predicted octanol–water partition coefficient (Wildman–Crippen LogP) is 0.465. The van der Waals surface area contributed by atoms with Gasteiger partial charge in [-0.1, -0.05) is 0 Å². The number of hydrogen-bond donors (Lipinski definition) is 4. The molecule has 17 heavy (non-hydrogen) atoms. The first kappa shape index (κ1) is 11.7. The lowest BCUT2D eigenvalue weighted by molar-refractivity contribution is -0.117. The summed E-state index contributed by atoms with van der Waals surface area (Å²) in [4.78, 5) is 16.0. The molecule has 6 nitrogen and oxygen atoms in total. The SMILES string of the molecule is CNC(C)C(=O)Nc1ccc2c(n1)NCCN2. The summed E-state index contributed by atoms with van der Waals surface area (Å²) in [7, 11) is 1.75. The van der Waals surface area contributed by atoms with Crippen LogP contribution in [0.3, 0.4) is 0 Å². The van der Waals surface area contributed by atoms with Crippen molar-refractivity contribution in [2.75, 3.05) is 36.1 Å². The Labute approximate surface area is 100 Å². The van der Waals surface area contributed by atoms with E-state index in [9.17, 15) is 4.79 Å². The number of fused-ring (bicyclic) bond motifs is 1. The highest BCUT2D eigenvalue weighted by Crippen LogP contribution is 2.23. The Balaban J connectivity index is 2.09. The number of pyridine rings is 1. The smallest absolute Gasteiger partial charge is 0.242 e. The number of carbonyl (C=O) groups is 1. The fraction of sp³-hybridized carbons (Fsp3) is 0.455. The Hall–Kier alpha value is -1.82. The number of carbonyl (C=O) groups excluding carboxylic acids is 1. The van der Waals surface area contributed by atoms with E-state index in [1.54, 1.807) is 20.0 Å². The van der Waals surface area contributed by atoms with Gasteiger partial charge in [0.1, 0.15) is 5.82 Å². The summed E-state index contributed by atoms with van der Waals surface area (Å²) in [6.07, 6.45) is 0. The first-order valence-corrected chi connectivity index (χ1v) is 5.67. The largest absolute Gasteiger partial charge is 0.380 e. The molecule has 1 aliphatic heterocycles. The zero-order valence-electron chi connectivity index (χ0n) is 10.0. The van der Waals surface area contributed by atoms with Crippen molar-refractivity contribution in [1.82, 2.24) is 10.3 Å². The van der Waals surface area contributed by atoms with Crippen molar-refractivity contribution >= 4 is 23.2 Å². The van der Waals surface area contributed by atoms with E-state index < -0.39 is 0 Å². The normalized spacial score (nSPS) is 15.2. The number of anilines is 3. The second kappa shape index (κ2) is 5.01. The summed E-state index contributed by atoms with van der Waals surface area (Å²) >= 11 is 0. The van der Waals surface area contributed by atoms with Crippen molar-refractivity contribution in [1.29, 1.82) is 0 Å². The van der Waals surface area contributed by atoms with E-state index in [2.05, 4.69) is 26.3 Å². The Morgan fingerprint density at radius 2 is 2.18 bits per heavy atom. The molecule has 1 amide bonds. The first-order valence-electron chi connectivity index (χ1n) is 5.67. The zero-order valence-corrected chi connectivity index (χ0v) is 10.0. The van der Waals surface area contributed by atoms with E-state index in [1.165, 1.54) is 0 Å². The Bertz CT molecular complexity index is 420. The van der Waals surface area contributed by atoms with Crippen LogP contribution in [0.5, 0.6) is 0 Å². The third kappa shape index (κ3) is 2.65. The van der Waals surface area contributed by atoms with E-state index in [4.69, 9.17) is 0 Å². The fourth-order valence-electron chi connectivity index (χ4n) is 1.55. The van der Waals surface area contributed by atoms with Crippen LogP contribution >= 0.6 is 0 Å². The van der Waals surface area contributed by atoms with Gasteiger partial charge >= 0.3 is 0 Å². The highest BCUT2D eigenvalue weighted by Gasteiger charge is 2.13. The topological polar surface area (TPSA) is 78.1 Å². The summed E-state index contributed by atoms with van der Waals surface area (Å²) in [5.74, 6) is 1.25. The van der Waals surface area contributed by atoms with Crippen LogP contribution in [0.15, 0.2) is 12.1 Å². The van der Waals surface area contributed by atoms with Crippen molar-refractivity contribution in [3.63, 3.8) is 0 Å². The molecule has 1 atom stereocenters. The van der Waals surface area contributed by atoms with Crippen molar-refractivity contribution in [2.45, 2.75) is 13.0 Å². The molecule has 1 aromatic heterocycles. The number of amides is 1. The molecular weight excluding hydrogens is 218 g/mol. The van der Waals surface area contributed by atoms with Gasteiger partial charge in [-0.15, -0.1) is 0 Å². The average molecular weight is 235 g/mol. The maximum absolute atomic E-state index is 11.7. The minimum atomic E-state index is -0.237. The lowest BCUT2D eigenvalue weighted by Gasteiger charge is -2.19. The average Bonchev–Trinajstić information content (AvgIpc) is 2.37. The highest BCUT2D eigenvalue weighted by atomic mass is 16.2. The van der Waals surface area contributed by atoms with E-state index in [0.717, 1.165) is 24.6 Å². The van der Waals surface area contributed by atoms with Crippen molar-refractivity contribution in [2.24, 2.45) is 0 Å². The van der Waals surface area contributed by atoms with Gasteiger partial charge in [-0.2, -0.15) is 0 Å². The second-order valence-corrected chi connectivity index (χ2v) is 3.95. The minimum Gasteiger partial charge on any atom is -0.380 e. The van der Waals surface area contributed by atoms with Gasteiger partial charge in [0.25, 0.3) is 0 Å². The van der Waals surface area contributed by atoms with Crippen molar-refractivity contribution in [3.05, 3.63) is 12.1 Å². The summed E-state index contributed by atoms with van der Waals surface area (Å²) in [5, 5.41) is 12.0. The van der Waals surface area contributed by atoms with Gasteiger partial charge < -0.3 is 21.3 Å². The molecule has 0 fully saturated rings. The van der Waals surface area contributed by atoms with Crippen LogP contribution in [0.25, 0.3) is 0 Å². The molecule has 6 heteroatoms. The molecular formula is C11H17N5O. The van der Waals surface area contributed by atoms with Gasteiger partial charge in [0.05, 0.1) is 11.7 Å².